The molecule has 2 amide bonds. The molecule has 1 saturated heterocycles. The average Bonchev–Trinajstić information content (AvgIpc) is 4.14. The van der Waals surface area contributed by atoms with Crippen molar-refractivity contribution in [1.82, 2.24) is 25.4 Å². The van der Waals surface area contributed by atoms with E-state index in [1.807, 2.05) is 28.3 Å². The number of carbonyl (C=O) groups excluding carboxylic acids is 2. The van der Waals surface area contributed by atoms with Gasteiger partial charge in [0.25, 0.3) is 0 Å². The predicted molar refractivity (Wildman–Crippen MR) is 210 cm³/mol. The maximum absolute atomic E-state index is 13.1. The highest BCUT2D eigenvalue weighted by Gasteiger charge is 2.46. The number of aryl methyl sites for hydroxylation is 1. The standard InChI is InChI=1S/C43H59N5O7/c1-29(6-5-9-41(53)48-21-19-47(20-22-48)28-40(52)45-27-38(51)42(54)37(50)15-23-49)31-11-10-30(2)32(24-31)25-46-43(16-17-43)36-26-44-18-14-34(36)35-7-3-4-8-39(35)55-33-12-13-33/h3-4,7-8,10-11,14,18,24,26,29,33,37-38,42,46,49-51,54H,5-6,9,12-13,15-17,19-23,25,27-28H2,1-2H3,(H,45,52)/t29?,37-,38+,42+/m1/s1. The summed E-state index contributed by atoms with van der Waals surface area (Å²) in [7, 11) is 0. The quantitative estimate of drug-likeness (QED) is 0.101. The lowest BCUT2D eigenvalue weighted by Gasteiger charge is -2.34. The number of carbonyl (C=O) groups is 2. The van der Waals surface area contributed by atoms with Crippen LogP contribution in [0.1, 0.15) is 86.5 Å². The van der Waals surface area contributed by atoms with Crippen LogP contribution >= 0.6 is 0 Å². The van der Waals surface area contributed by atoms with Gasteiger partial charge in [-0.05, 0) is 97.7 Å². The van der Waals surface area contributed by atoms with E-state index in [-0.39, 0.29) is 43.5 Å². The van der Waals surface area contributed by atoms with E-state index in [1.54, 1.807) is 0 Å². The molecule has 6 N–H and O–H groups in total. The first kappa shape index (κ1) is 40.7. The van der Waals surface area contributed by atoms with E-state index in [0.29, 0.717) is 44.6 Å². The molecule has 1 unspecified atom stereocenters. The van der Waals surface area contributed by atoms with Gasteiger partial charge in [-0.3, -0.25) is 19.5 Å². The van der Waals surface area contributed by atoms with Gasteiger partial charge in [-0.15, -0.1) is 0 Å². The number of para-hydroxylation sites is 1. The fraction of sp³-hybridized carbons (Fsp3) is 0.558. The van der Waals surface area contributed by atoms with Crippen LogP contribution in [-0.2, 0) is 21.7 Å². The van der Waals surface area contributed by atoms with Crippen LogP contribution in [0.3, 0.4) is 0 Å². The van der Waals surface area contributed by atoms with Crippen LogP contribution in [-0.4, -0.2) is 117 Å². The SMILES string of the molecule is Cc1ccc(C(C)CCCC(=O)N2CCN(CC(=O)NC[C@H](O)[C@@H](O)[C@H](O)CCO)CC2)cc1CNC1(c2cnccc2-c2ccccc2OC2CC2)CC1. The van der Waals surface area contributed by atoms with Crippen molar-refractivity contribution in [3.8, 4) is 16.9 Å². The molecule has 3 fully saturated rings. The molecule has 3 aliphatic rings. The van der Waals surface area contributed by atoms with Gasteiger partial charge >= 0.3 is 0 Å². The monoisotopic (exact) mass is 757 g/mol. The summed E-state index contributed by atoms with van der Waals surface area (Å²) in [4.78, 5) is 33.9. The smallest absolute Gasteiger partial charge is 0.234 e. The normalized spacial score (nSPS) is 19.0. The van der Waals surface area contributed by atoms with Crippen LogP contribution < -0.4 is 15.4 Å². The van der Waals surface area contributed by atoms with E-state index in [9.17, 15) is 24.9 Å². The number of nitrogens with zero attached hydrogens (tertiary/aromatic N) is 3. The molecule has 298 valence electrons. The summed E-state index contributed by atoms with van der Waals surface area (Å²) in [5.41, 5.74) is 7.23. The van der Waals surface area contributed by atoms with Gasteiger partial charge < -0.3 is 40.7 Å². The Morgan fingerprint density at radius 1 is 0.982 bits per heavy atom. The van der Waals surface area contributed by atoms with Gasteiger partial charge in [-0.25, -0.2) is 0 Å². The summed E-state index contributed by atoms with van der Waals surface area (Å²) < 4.78 is 6.30. The largest absolute Gasteiger partial charge is 0.490 e. The number of rotatable bonds is 20. The van der Waals surface area contributed by atoms with Gasteiger partial charge in [0.2, 0.25) is 11.8 Å². The Bertz CT molecular complexity index is 1740. The predicted octanol–water partition coefficient (Wildman–Crippen LogP) is 3.38. The molecule has 0 radical (unpaired) electrons. The number of hydrogen-bond donors (Lipinski definition) is 6. The zero-order valence-electron chi connectivity index (χ0n) is 32.3. The molecule has 6 rings (SSSR count). The number of amides is 2. The Hall–Kier alpha value is -3.91. The minimum absolute atomic E-state index is 0.0658. The molecule has 1 aromatic heterocycles. The van der Waals surface area contributed by atoms with E-state index < -0.39 is 18.3 Å². The topological polar surface area (TPSA) is 168 Å². The van der Waals surface area contributed by atoms with Gasteiger partial charge in [-0.2, -0.15) is 0 Å². The van der Waals surface area contributed by atoms with Gasteiger partial charge in [0.1, 0.15) is 11.9 Å². The highest BCUT2D eigenvalue weighted by atomic mass is 16.5. The lowest BCUT2D eigenvalue weighted by Crippen LogP contribution is -2.52. The molecule has 55 heavy (non-hydrogen) atoms. The number of nitrogens with one attached hydrogen (secondary N) is 2. The number of aliphatic hydroxyl groups is 4. The van der Waals surface area contributed by atoms with Crippen molar-refractivity contribution < 1.29 is 34.8 Å². The molecule has 1 aliphatic heterocycles. The van der Waals surface area contributed by atoms with Gasteiger partial charge in [0.05, 0.1) is 24.9 Å². The van der Waals surface area contributed by atoms with Crippen molar-refractivity contribution in [3.05, 3.63) is 83.2 Å². The first-order chi connectivity index (χ1) is 26.6. The second-order valence-electron chi connectivity index (χ2n) is 15.7. The zero-order chi connectivity index (χ0) is 39.0. The number of benzene rings is 2. The van der Waals surface area contributed by atoms with Crippen molar-refractivity contribution in [2.45, 2.75) is 108 Å². The van der Waals surface area contributed by atoms with Gasteiger partial charge in [0.15, 0.2) is 0 Å². The maximum Gasteiger partial charge on any atom is 0.234 e. The van der Waals surface area contributed by atoms with E-state index in [1.165, 1.54) is 27.8 Å². The van der Waals surface area contributed by atoms with Crippen molar-refractivity contribution in [3.63, 3.8) is 0 Å². The van der Waals surface area contributed by atoms with Crippen LogP contribution in [0.5, 0.6) is 5.75 Å². The molecular weight excluding hydrogens is 699 g/mol. The Morgan fingerprint density at radius 3 is 2.47 bits per heavy atom. The van der Waals surface area contributed by atoms with E-state index >= 15 is 0 Å². The summed E-state index contributed by atoms with van der Waals surface area (Å²) in [6.07, 6.45) is 6.61. The maximum atomic E-state index is 13.1. The van der Waals surface area contributed by atoms with Crippen LogP contribution in [0, 0.1) is 6.92 Å². The Labute approximate surface area is 324 Å². The van der Waals surface area contributed by atoms with Crippen molar-refractivity contribution >= 4 is 11.8 Å². The third-order valence-corrected chi connectivity index (χ3v) is 11.5. The van der Waals surface area contributed by atoms with E-state index in [4.69, 9.17) is 9.84 Å². The number of ether oxygens (including phenoxy) is 1. The molecule has 4 atom stereocenters. The molecule has 2 saturated carbocycles. The lowest BCUT2D eigenvalue weighted by molar-refractivity contribution is -0.133. The second kappa shape index (κ2) is 18.8. The third kappa shape index (κ3) is 10.9. The Morgan fingerprint density at radius 2 is 1.75 bits per heavy atom. The number of aliphatic hydroxyl groups excluding tert-OH is 4. The van der Waals surface area contributed by atoms with E-state index in [0.717, 1.165) is 56.4 Å². The molecule has 2 heterocycles. The molecule has 3 aromatic rings. The highest BCUT2D eigenvalue weighted by Crippen LogP contribution is 2.50. The van der Waals surface area contributed by atoms with Crippen molar-refractivity contribution in [2.75, 3.05) is 45.9 Å². The molecule has 12 nitrogen and oxygen atoms in total. The zero-order valence-corrected chi connectivity index (χ0v) is 32.3. The van der Waals surface area contributed by atoms with Crippen LogP contribution in [0.25, 0.3) is 11.1 Å². The number of pyridine rings is 1. The lowest BCUT2D eigenvalue weighted by atomic mass is 9.91. The van der Waals surface area contributed by atoms with Crippen LogP contribution in [0.2, 0.25) is 0 Å². The Balaban J connectivity index is 0.942. The fourth-order valence-electron chi connectivity index (χ4n) is 7.48. The summed E-state index contributed by atoms with van der Waals surface area (Å²) in [5, 5.41) is 45.1. The van der Waals surface area contributed by atoms with Gasteiger partial charge in [0, 0.05) is 75.8 Å². The third-order valence-electron chi connectivity index (χ3n) is 11.5. The second-order valence-corrected chi connectivity index (χ2v) is 15.7. The molecule has 0 spiro atoms. The molecule has 0 bridgehead atoms. The fourth-order valence-corrected chi connectivity index (χ4v) is 7.48. The number of piperazine rings is 1. The summed E-state index contributed by atoms with van der Waals surface area (Å²) in [5.74, 6) is 1.08. The number of aromatic nitrogens is 1. The molecule has 12 heteroatoms. The summed E-state index contributed by atoms with van der Waals surface area (Å²) in [6.45, 7) is 6.99. The highest BCUT2D eigenvalue weighted by molar-refractivity contribution is 5.78. The Kier molecular flexibility index (Phi) is 13.9. The van der Waals surface area contributed by atoms with Gasteiger partial charge in [-0.1, -0.05) is 43.3 Å². The van der Waals surface area contributed by atoms with Crippen LogP contribution in [0.4, 0.5) is 0 Å². The average molecular weight is 758 g/mol. The van der Waals surface area contributed by atoms with Crippen molar-refractivity contribution in [1.29, 1.82) is 0 Å². The summed E-state index contributed by atoms with van der Waals surface area (Å²) >= 11 is 0. The van der Waals surface area contributed by atoms with Crippen molar-refractivity contribution in [2.24, 2.45) is 0 Å². The number of hydrogen-bond acceptors (Lipinski definition) is 10. The molecular formula is C43H59N5O7. The minimum atomic E-state index is -1.46. The minimum Gasteiger partial charge on any atom is -0.490 e. The summed E-state index contributed by atoms with van der Waals surface area (Å²) in [6, 6.07) is 17.2. The molecule has 2 aliphatic carbocycles. The first-order valence-corrected chi connectivity index (χ1v) is 20.0. The van der Waals surface area contributed by atoms with E-state index in [2.05, 4.69) is 71.9 Å². The van der Waals surface area contributed by atoms with Crippen LogP contribution in [0.15, 0.2) is 60.9 Å². The first-order valence-electron chi connectivity index (χ1n) is 20.0. The molecule has 2 aromatic carbocycles.